The molecule has 2 aromatic rings. The van der Waals surface area contributed by atoms with Crippen molar-refractivity contribution >= 4 is 26.3 Å². The van der Waals surface area contributed by atoms with Gasteiger partial charge in [0.15, 0.2) is 0 Å². The molecule has 0 bridgehead atoms. The summed E-state index contributed by atoms with van der Waals surface area (Å²) in [7, 11) is -2.92. The van der Waals surface area contributed by atoms with Crippen LogP contribution in [0.25, 0.3) is 10.8 Å². The lowest BCUT2D eigenvalue weighted by atomic mass is 10.1. The van der Waals surface area contributed by atoms with Gasteiger partial charge in [-0.1, -0.05) is 31.2 Å². The summed E-state index contributed by atoms with van der Waals surface area (Å²) in [5, 5.41) is 1.90. The Morgan fingerprint density at radius 3 is 2.50 bits per heavy atom. The lowest BCUT2D eigenvalue weighted by Gasteiger charge is -2.10. The fourth-order valence-corrected chi connectivity index (χ4v) is 2.87. The predicted octanol–water partition coefficient (Wildman–Crippen LogP) is 2.63. The average molecular weight is 293 g/mol. The molecule has 2 rings (SSSR count). The van der Waals surface area contributed by atoms with E-state index in [1.54, 1.807) is 13.0 Å². The molecule has 0 atom stereocenters. The van der Waals surface area contributed by atoms with Gasteiger partial charge >= 0.3 is 0 Å². The average Bonchev–Trinajstić information content (AvgIpc) is 2.46. The number of hydrogen-bond acceptors (Lipinski definition) is 4. The van der Waals surface area contributed by atoms with E-state index in [-0.39, 0.29) is 11.5 Å². The van der Waals surface area contributed by atoms with Crippen LogP contribution in [0.1, 0.15) is 13.3 Å². The number of nitrogen functional groups attached to an aromatic ring is 1. The van der Waals surface area contributed by atoms with E-state index in [4.69, 9.17) is 10.5 Å². The lowest BCUT2D eigenvalue weighted by Crippen LogP contribution is -2.11. The van der Waals surface area contributed by atoms with E-state index in [9.17, 15) is 8.42 Å². The third kappa shape index (κ3) is 3.42. The Hall–Kier alpha value is -1.75. The van der Waals surface area contributed by atoms with E-state index in [1.807, 2.05) is 30.3 Å². The highest BCUT2D eigenvalue weighted by Gasteiger charge is 2.08. The highest BCUT2D eigenvalue weighted by Crippen LogP contribution is 2.29. The van der Waals surface area contributed by atoms with Crippen LogP contribution >= 0.6 is 0 Å². The maximum atomic E-state index is 11.4. The van der Waals surface area contributed by atoms with Crippen molar-refractivity contribution < 1.29 is 13.2 Å². The molecule has 0 saturated carbocycles. The molecule has 0 heterocycles. The first-order chi connectivity index (χ1) is 9.53. The first-order valence-corrected chi connectivity index (χ1v) is 8.46. The van der Waals surface area contributed by atoms with Crippen molar-refractivity contribution in [3.05, 3.63) is 36.4 Å². The summed E-state index contributed by atoms with van der Waals surface area (Å²) in [5.74, 6) is 1.08. The standard InChI is InChI=1S/C15H19NO3S/c1-2-20(17,18)11-5-10-19-15-9-8-14(16)12-6-3-4-7-13(12)15/h3-4,6-9H,2,5,10-11,16H2,1H3. The van der Waals surface area contributed by atoms with Crippen LogP contribution in [0.15, 0.2) is 36.4 Å². The summed E-state index contributed by atoms with van der Waals surface area (Å²) in [5.41, 5.74) is 6.63. The summed E-state index contributed by atoms with van der Waals surface area (Å²) in [6.07, 6.45) is 0.495. The Balaban J connectivity index is 2.06. The van der Waals surface area contributed by atoms with Gasteiger partial charge in [-0.15, -0.1) is 0 Å². The van der Waals surface area contributed by atoms with Gasteiger partial charge in [0.25, 0.3) is 0 Å². The molecule has 4 nitrogen and oxygen atoms in total. The molecule has 5 heteroatoms. The van der Waals surface area contributed by atoms with E-state index >= 15 is 0 Å². The van der Waals surface area contributed by atoms with Crippen LogP contribution in [0, 0.1) is 0 Å². The second-order valence-electron chi connectivity index (χ2n) is 4.64. The van der Waals surface area contributed by atoms with Crippen molar-refractivity contribution in [1.29, 1.82) is 0 Å². The number of nitrogens with two attached hydrogens (primary N) is 1. The zero-order valence-corrected chi connectivity index (χ0v) is 12.3. The fourth-order valence-electron chi connectivity index (χ4n) is 2.03. The number of rotatable bonds is 6. The Kier molecular flexibility index (Phi) is 4.49. The number of fused-ring (bicyclic) bond motifs is 1. The molecule has 0 amide bonds. The largest absolute Gasteiger partial charge is 0.493 e. The van der Waals surface area contributed by atoms with Crippen LogP contribution in [0.2, 0.25) is 0 Å². The molecular formula is C15H19NO3S. The summed E-state index contributed by atoms with van der Waals surface area (Å²) < 4.78 is 28.5. The topological polar surface area (TPSA) is 69.4 Å². The van der Waals surface area contributed by atoms with Gasteiger partial charge in [-0.3, -0.25) is 0 Å². The van der Waals surface area contributed by atoms with Gasteiger partial charge in [-0.2, -0.15) is 0 Å². The molecule has 0 saturated heterocycles. The third-order valence-electron chi connectivity index (χ3n) is 3.21. The third-order valence-corrected chi connectivity index (χ3v) is 5.01. The molecule has 2 aromatic carbocycles. The Morgan fingerprint density at radius 1 is 1.10 bits per heavy atom. The maximum absolute atomic E-state index is 11.4. The highest BCUT2D eigenvalue weighted by atomic mass is 32.2. The molecule has 0 unspecified atom stereocenters. The lowest BCUT2D eigenvalue weighted by molar-refractivity contribution is 0.321. The smallest absolute Gasteiger partial charge is 0.150 e. The molecule has 20 heavy (non-hydrogen) atoms. The quantitative estimate of drug-likeness (QED) is 0.656. The zero-order chi connectivity index (χ0) is 14.6. The van der Waals surface area contributed by atoms with E-state index in [0.717, 1.165) is 16.5 Å². The molecule has 0 aromatic heterocycles. The van der Waals surface area contributed by atoms with E-state index in [2.05, 4.69) is 0 Å². The number of benzene rings is 2. The predicted molar refractivity (Wildman–Crippen MR) is 82.8 cm³/mol. The van der Waals surface area contributed by atoms with Crippen LogP contribution in [0.4, 0.5) is 5.69 Å². The summed E-state index contributed by atoms with van der Waals surface area (Å²) in [4.78, 5) is 0. The van der Waals surface area contributed by atoms with E-state index in [0.29, 0.717) is 18.7 Å². The van der Waals surface area contributed by atoms with E-state index in [1.165, 1.54) is 0 Å². The van der Waals surface area contributed by atoms with Crippen LogP contribution < -0.4 is 10.5 Å². The second-order valence-corrected chi connectivity index (χ2v) is 7.11. The molecule has 0 fully saturated rings. The van der Waals surface area contributed by atoms with Gasteiger partial charge < -0.3 is 10.5 Å². The van der Waals surface area contributed by atoms with Crippen LogP contribution in [0.3, 0.4) is 0 Å². The number of ether oxygens (including phenoxy) is 1. The van der Waals surface area contributed by atoms with Crippen LogP contribution in [-0.2, 0) is 9.84 Å². The highest BCUT2D eigenvalue weighted by molar-refractivity contribution is 7.91. The van der Waals surface area contributed by atoms with Gasteiger partial charge in [-0.05, 0) is 18.6 Å². The SMILES string of the molecule is CCS(=O)(=O)CCCOc1ccc(N)c2ccccc12. The number of sulfone groups is 1. The monoisotopic (exact) mass is 293 g/mol. The molecule has 0 aliphatic carbocycles. The normalized spacial score (nSPS) is 11.7. The van der Waals surface area contributed by atoms with Gasteiger partial charge in [0, 0.05) is 22.2 Å². The van der Waals surface area contributed by atoms with Gasteiger partial charge in [-0.25, -0.2) is 8.42 Å². The van der Waals surface area contributed by atoms with Crippen LogP contribution in [0.5, 0.6) is 5.75 Å². The molecular weight excluding hydrogens is 274 g/mol. The van der Waals surface area contributed by atoms with E-state index < -0.39 is 9.84 Å². The maximum Gasteiger partial charge on any atom is 0.150 e. The molecule has 0 radical (unpaired) electrons. The van der Waals surface area contributed by atoms with Crippen LogP contribution in [-0.4, -0.2) is 26.5 Å². The summed E-state index contributed by atoms with van der Waals surface area (Å²) in [6.45, 7) is 2.04. The number of anilines is 1. The van der Waals surface area contributed by atoms with Gasteiger partial charge in [0.2, 0.25) is 0 Å². The molecule has 2 N–H and O–H groups in total. The minimum absolute atomic E-state index is 0.163. The molecule has 0 spiro atoms. The van der Waals surface area contributed by atoms with Crippen molar-refractivity contribution in [1.82, 2.24) is 0 Å². The van der Waals surface area contributed by atoms with Gasteiger partial charge in [0.1, 0.15) is 15.6 Å². The summed E-state index contributed by atoms with van der Waals surface area (Å²) >= 11 is 0. The van der Waals surface area contributed by atoms with Crippen molar-refractivity contribution in [2.75, 3.05) is 23.8 Å². The van der Waals surface area contributed by atoms with Crippen molar-refractivity contribution in [3.63, 3.8) is 0 Å². The van der Waals surface area contributed by atoms with Crippen molar-refractivity contribution in [2.45, 2.75) is 13.3 Å². The zero-order valence-electron chi connectivity index (χ0n) is 11.5. The first-order valence-electron chi connectivity index (χ1n) is 6.64. The van der Waals surface area contributed by atoms with Crippen molar-refractivity contribution in [3.8, 4) is 5.75 Å². The minimum atomic E-state index is -2.92. The first kappa shape index (κ1) is 14.7. The number of hydrogen-bond donors (Lipinski definition) is 1. The molecule has 108 valence electrons. The second kappa shape index (κ2) is 6.13. The Bertz CT molecular complexity index is 695. The molecule has 0 aliphatic heterocycles. The summed E-state index contributed by atoms with van der Waals surface area (Å²) in [6, 6.07) is 11.4. The Labute approximate surface area is 119 Å². The Morgan fingerprint density at radius 2 is 1.80 bits per heavy atom. The molecule has 0 aliphatic rings. The van der Waals surface area contributed by atoms with Crippen molar-refractivity contribution in [2.24, 2.45) is 0 Å². The van der Waals surface area contributed by atoms with Gasteiger partial charge in [0.05, 0.1) is 12.4 Å². The minimum Gasteiger partial charge on any atom is -0.493 e. The fraction of sp³-hybridized carbons (Fsp3) is 0.333.